The summed E-state index contributed by atoms with van der Waals surface area (Å²) < 4.78 is 5.36. The van der Waals surface area contributed by atoms with Crippen molar-refractivity contribution < 1.29 is 21.3 Å². The first kappa shape index (κ1) is 16.1. The molecule has 20 heavy (non-hydrogen) atoms. The van der Waals surface area contributed by atoms with Crippen LogP contribution >= 0.6 is 0 Å². The van der Waals surface area contributed by atoms with Gasteiger partial charge in [0.2, 0.25) is 0 Å². The fourth-order valence-corrected chi connectivity index (χ4v) is 10.8. The molecule has 0 unspecified atom stereocenters. The van der Waals surface area contributed by atoms with E-state index >= 15 is 0 Å². The average Bonchev–Trinajstić information content (AvgIpc) is 3.02. The summed E-state index contributed by atoms with van der Waals surface area (Å²) in [5.74, 6) is 0. The molecule has 0 spiro atoms. The Morgan fingerprint density at radius 2 is 1.85 bits per heavy atom. The van der Waals surface area contributed by atoms with Crippen LogP contribution in [-0.4, -0.2) is 3.21 Å². The second kappa shape index (κ2) is 7.64. The molecule has 0 N–H and O–H groups in total. The quantitative estimate of drug-likeness (QED) is 0.566. The van der Waals surface area contributed by atoms with Gasteiger partial charge in [-0.1, -0.05) is 0 Å². The molecule has 0 aromatic carbocycles. The van der Waals surface area contributed by atoms with E-state index in [0.717, 1.165) is 0 Å². The summed E-state index contributed by atoms with van der Waals surface area (Å²) in [4.78, 5) is 0. The number of rotatable bonds is 6. The van der Waals surface area contributed by atoms with Crippen LogP contribution < -0.4 is 0 Å². The molecular formula is C19H28Zr. The molecule has 0 bridgehead atoms. The Labute approximate surface area is 132 Å². The van der Waals surface area contributed by atoms with Crippen molar-refractivity contribution in [3.05, 3.63) is 42.0 Å². The molecule has 2 rings (SSSR count). The standard InChI is InChI=1S/C11H17.C5H5.C3H6.Zr/c1-3-6-10-8-5-9-11(10)7-4-2;1-2-4-5-3-1;1-3-2;/h8H,3-4,6-7,9H2,1-2H3;1-3H,4H2;1-2H3;. The van der Waals surface area contributed by atoms with Crippen molar-refractivity contribution in [2.75, 3.05) is 0 Å². The Morgan fingerprint density at radius 1 is 1.10 bits per heavy atom. The van der Waals surface area contributed by atoms with Crippen LogP contribution in [-0.2, 0) is 21.3 Å². The van der Waals surface area contributed by atoms with Gasteiger partial charge in [0.25, 0.3) is 0 Å². The van der Waals surface area contributed by atoms with Gasteiger partial charge < -0.3 is 0 Å². The van der Waals surface area contributed by atoms with Gasteiger partial charge in [-0.15, -0.1) is 0 Å². The molecule has 0 aliphatic heterocycles. The van der Waals surface area contributed by atoms with E-state index in [0.29, 0.717) is 0 Å². The van der Waals surface area contributed by atoms with Gasteiger partial charge in [0.1, 0.15) is 0 Å². The number of hydrogen-bond acceptors (Lipinski definition) is 0. The molecule has 0 radical (unpaired) electrons. The molecule has 0 aromatic rings. The number of hydrogen-bond donors (Lipinski definition) is 0. The molecule has 0 saturated carbocycles. The van der Waals surface area contributed by atoms with E-state index in [1.54, 1.807) is 17.6 Å². The number of allylic oxidation sites excluding steroid dienone is 8. The fraction of sp³-hybridized carbons (Fsp3) is 0.526. The van der Waals surface area contributed by atoms with Crippen molar-refractivity contribution in [1.82, 2.24) is 0 Å². The van der Waals surface area contributed by atoms with Crippen LogP contribution in [0.25, 0.3) is 0 Å². The molecule has 2 aliphatic rings. The summed E-state index contributed by atoms with van der Waals surface area (Å²) in [6.45, 7) is 9.38. The Balaban J connectivity index is 2.26. The van der Waals surface area contributed by atoms with Gasteiger partial charge in [0, 0.05) is 0 Å². The molecule has 108 valence electrons. The maximum absolute atomic E-state index is 2.62. The minimum atomic E-state index is -1.66. The zero-order valence-electron chi connectivity index (χ0n) is 13.6. The average molecular weight is 348 g/mol. The van der Waals surface area contributed by atoms with Crippen LogP contribution in [0.4, 0.5) is 0 Å². The van der Waals surface area contributed by atoms with Crippen molar-refractivity contribution in [3.8, 4) is 0 Å². The van der Waals surface area contributed by atoms with Gasteiger partial charge in [-0.2, -0.15) is 0 Å². The predicted octanol–water partition coefficient (Wildman–Crippen LogP) is 5.85. The molecule has 0 nitrogen and oxygen atoms in total. The topological polar surface area (TPSA) is 0 Å². The molecule has 0 fully saturated rings. The second-order valence-corrected chi connectivity index (χ2v) is 13.6. The summed E-state index contributed by atoms with van der Waals surface area (Å²) in [7, 11) is 0. The summed E-state index contributed by atoms with van der Waals surface area (Å²) in [5.41, 5.74) is 3.45. The Bertz CT molecular complexity index is 520. The molecule has 0 heterocycles. The summed E-state index contributed by atoms with van der Waals surface area (Å²) in [6.07, 6.45) is 17.3. The Morgan fingerprint density at radius 3 is 2.40 bits per heavy atom. The van der Waals surface area contributed by atoms with Crippen molar-refractivity contribution in [3.63, 3.8) is 0 Å². The molecular weight excluding hydrogens is 319 g/mol. The molecule has 0 aromatic heterocycles. The maximum atomic E-state index is 2.62. The third kappa shape index (κ3) is 3.67. The Kier molecular flexibility index (Phi) is 6.15. The molecule has 0 amide bonds. The van der Waals surface area contributed by atoms with Gasteiger partial charge in [-0.05, 0) is 0 Å². The summed E-state index contributed by atoms with van der Waals surface area (Å²) >= 11 is -1.66. The van der Waals surface area contributed by atoms with E-state index in [4.69, 9.17) is 0 Å². The third-order valence-corrected chi connectivity index (χ3v) is 11.5. The fourth-order valence-electron chi connectivity index (χ4n) is 3.42. The van der Waals surface area contributed by atoms with Gasteiger partial charge in [-0.25, -0.2) is 0 Å². The van der Waals surface area contributed by atoms with Gasteiger partial charge in [-0.3, -0.25) is 0 Å². The normalized spacial score (nSPS) is 17.6. The first-order valence-corrected chi connectivity index (χ1v) is 11.8. The zero-order chi connectivity index (χ0) is 14.5. The van der Waals surface area contributed by atoms with Crippen LogP contribution in [0.15, 0.2) is 42.0 Å². The first-order valence-electron chi connectivity index (χ1n) is 8.12. The van der Waals surface area contributed by atoms with Crippen LogP contribution in [0.2, 0.25) is 0 Å². The van der Waals surface area contributed by atoms with E-state index in [-0.39, 0.29) is 0 Å². The van der Waals surface area contributed by atoms with Crippen LogP contribution in [0.5, 0.6) is 0 Å². The summed E-state index contributed by atoms with van der Waals surface area (Å²) in [6, 6.07) is 0. The zero-order valence-corrected chi connectivity index (χ0v) is 16.0. The van der Waals surface area contributed by atoms with E-state index in [1.807, 2.05) is 3.28 Å². The van der Waals surface area contributed by atoms with Crippen molar-refractivity contribution in [2.24, 2.45) is 0 Å². The van der Waals surface area contributed by atoms with Gasteiger partial charge >= 0.3 is 133 Å². The molecule has 1 heteroatoms. The third-order valence-electron chi connectivity index (χ3n) is 4.19. The van der Waals surface area contributed by atoms with Crippen molar-refractivity contribution in [2.45, 2.75) is 66.2 Å². The van der Waals surface area contributed by atoms with Crippen LogP contribution in [0.1, 0.15) is 66.2 Å². The van der Waals surface area contributed by atoms with Crippen LogP contribution in [0, 0.1) is 0 Å². The van der Waals surface area contributed by atoms with Crippen molar-refractivity contribution in [1.29, 1.82) is 0 Å². The van der Waals surface area contributed by atoms with Gasteiger partial charge in [0.15, 0.2) is 0 Å². The molecule has 0 saturated heterocycles. The summed E-state index contributed by atoms with van der Waals surface area (Å²) in [5, 5.41) is 0. The van der Waals surface area contributed by atoms with E-state index < -0.39 is 21.3 Å². The van der Waals surface area contributed by atoms with Gasteiger partial charge in [0.05, 0.1) is 0 Å². The first-order chi connectivity index (χ1) is 9.67. The SMILES string of the molecule is CCCC1=C(CCC)C[C]([Zr]([C]2=CC=CC2)=[C](C)C)=C1. The van der Waals surface area contributed by atoms with Crippen molar-refractivity contribution >= 4 is 3.21 Å². The van der Waals surface area contributed by atoms with E-state index in [9.17, 15) is 0 Å². The predicted molar refractivity (Wildman–Crippen MR) is 87.7 cm³/mol. The second-order valence-electron chi connectivity index (χ2n) is 6.17. The van der Waals surface area contributed by atoms with E-state index in [1.165, 1.54) is 38.5 Å². The molecule has 0 atom stereocenters. The van der Waals surface area contributed by atoms with Crippen LogP contribution in [0.3, 0.4) is 0 Å². The minimum absolute atomic E-state index is 1.23. The Hall–Kier alpha value is -0.287. The monoisotopic (exact) mass is 346 g/mol. The van der Waals surface area contributed by atoms with E-state index in [2.05, 4.69) is 52.0 Å². The molecule has 2 aliphatic carbocycles.